The first-order valence-corrected chi connectivity index (χ1v) is 7.00. The summed E-state index contributed by atoms with van der Waals surface area (Å²) in [6, 6.07) is 0. The Morgan fingerprint density at radius 1 is 0.812 bits per heavy atom. The molecule has 0 atom stereocenters. The summed E-state index contributed by atoms with van der Waals surface area (Å²) < 4.78 is 0. The molecule has 1 N–H and O–H groups in total. The highest BCUT2D eigenvalue weighted by molar-refractivity contribution is 5.48. The Kier molecular flexibility index (Phi) is 22.6. The third kappa shape index (κ3) is 19.2. The predicted octanol–water partition coefficient (Wildman–Crippen LogP) is 3.94. The third-order valence-electron chi connectivity index (χ3n) is 2.50. The minimum absolute atomic E-state index is 0.752. The SMILES string of the molecule is CC.CNCCCCCCCCCCC=O. The van der Waals surface area contributed by atoms with Crippen molar-refractivity contribution in [1.29, 1.82) is 0 Å². The van der Waals surface area contributed by atoms with Crippen LogP contribution in [0, 0.1) is 0 Å². The molecule has 0 heterocycles. The van der Waals surface area contributed by atoms with Crippen molar-refractivity contribution in [2.45, 2.75) is 71.6 Å². The van der Waals surface area contributed by atoms with E-state index in [1.807, 2.05) is 20.9 Å². The van der Waals surface area contributed by atoms with Crippen molar-refractivity contribution in [3.63, 3.8) is 0 Å². The Labute approximate surface area is 102 Å². The summed E-state index contributed by atoms with van der Waals surface area (Å²) in [5, 5.41) is 3.16. The van der Waals surface area contributed by atoms with E-state index in [2.05, 4.69) is 5.32 Å². The van der Waals surface area contributed by atoms with E-state index in [9.17, 15) is 4.79 Å². The van der Waals surface area contributed by atoms with Crippen molar-refractivity contribution in [1.82, 2.24) is 5.32 Å². The van der Waals surface area contributed by atoms with Gasteiger partial charge in [0.15, 0.2) is 0 Å². The highest BCUT2D eigenvalue weighted by Gasteiger charge is 1.91. The lowest BCUT2D eigenvalue weighted by Crippen LogP contribution is -2.06. The molecule has 2 heteroatoms. The van der Waals surface area contributed by atoms with Gasteiger partial charge < -0.3 is 10.1 Å². The van der Waals surface area contributed by atoms with Crippen molar-refractivity contribution in [2.75, 3.05) is 13.6 Å². The van der Waals surface area contributed by atoms with Crippen molar-refractivity contribution in [3.8, 4) is 0 Å². The summed E-state index contributed by atoms with van der Waals surface area (Å²) in [4.78, 5) is 10.0. The molecule has 0 rings (SSSR count). The summed E-state index contributed by atoms with van der Waals surface area (Å²) in [5.41, 5.74) is 0. The maximum Gasteiger partial charge on any atom is 0.119 e. The largest absolute Gasteiger partial charge is 0.320 e. The first-order valence-electron chi connectivity index (χ1n) is 7.00. The topological polar surface area (TPSA) is 29.1 Å². The van der Waals surface area contributed by atoms with E-state index in [0.29, 0.717) is 0 Å². The van der Waals surface area contributed by atoms with Gasteiger partial charge in [-0.2, -0.15) is 0 Å². The monoisotopic (exact) mass is 229 g/mol. The van der Waals surface area contributed by atoms with Gasteiger partial charge in [-0.05, 0) is 26.4 Å². The second kappa shape index (κ2) is 20.1. The molecule has 0 fully saturated rings. The molecule has 0 amide bonds. The van der Waals surface area contributed by atoms with Crippen LogP contribution in [-0.2, 0) is 4.79 Å². The lowest BCUT2D eigenvalue weighted by Gasteiger charge is -2.01. The van der Waals surface area contributed by atoms with E-state index in [4.69, 9.17) is 0 Å². The Morgan fingerprint density at radius 3 is 1.69 bits per heavy atom. The molecule has 0 radical (unpaired) electrons. The third-order valence-corrected chi connectivity index (χ3v) is 2.50. The molecule has 0 aliphatic heterocycles. The Morgan fingerprint density at radius 2 is 1.25 bits per heavy atom. The van der Waals surface area contributed by atoms with E-state index < -0.39 is 0 Å². The molecule has 98 valence electrons. The second-order valence-corrected chi connectivity index (χ2v) is 3.89. The summed E-state index contributed by atoms with van der Waals surface area (Å²) in [6.07, 6.45) is 12.1. The van der Waals surface area contributed by atoms with E-state index in [0.717, 1.165) is 25.7 Å². The average molecular weight is 229 g/mol. The molecule has 0 aliphatic rings. The zero-order valence-corrected chi connectivity index (χ0v) is 11.6. The smallest absolute Gasteiger partial charge is 0.119 e. The summed E-state index contributed by atoms with van der Waals surface area (Å²) in [5.74, 6) is 0. The molecule has 0 saturated heterocycles. The number of nitrogens with one attached hydrogen (secondary N) is 1. The van der Waals surface area contributed by atoms with Gasteiger partial charge in [0.05, 0.1) is 0 Å². The van der Waals surface area contributed by atoms with Crippen molar-refractivity contribution >= 4 is 6.29 Å². The fourth-order valence-corrected chi connectivity index (χ4v) is 1.59. The maximum atomic E-state index is 10.0. The molecule has 0 saturated carbocycles. The molecule has 0 unspecified atom stereocenters. The minimum Gasteiger partial charge on any atom is -0.320 e. The molecule has 0 spiro atoms. The van der Waals surface area contributed by atoms with Gasteiger partial charge in [-0.15, -0.1) is 0 Å². The Hall–Kier alpha value is -0.370. The number of carbonyl (C=O) groups excluding carboxylic acids is 1. The lowest BCUT2D eigenvalue weighted by atomic mass is 10.1. The van der Waals surface area contributed by atoms with Gasteiger partial charge in [-0.1, -0.05) is 52.4 Å². The average Bonchev–Trinajstić information content (AvgIpc) is 2.34. The highest BCUT2D eigenvalue weighted by Crippen LogP contribution is 2.08. The van der Waals surface area contributed by atoms with Crippen molar-refractivity contribution in [3.05, 3.63) is 0 Å². The second-order valence-electron chi connectivity index (χ2n) is 3.89. The van der Waals surface area contributed by atoms with E-state index in [-0.39, 0.29) is 0 Å². The molecular formula is C14H31NO. The summed E-state index contributed by atoms with van der Waals surface area (Å²) >= 11 is 0. The lowest BCUT2D eigenvalue weighted by molar-refractivity contribution is -0.107. The van der Waals surface area contributed by atoms with Crippen LogP contribution in [0.1, 0.15) is 71.6 Å². The van der Waals surface area contributed by atoms with Crippen LogP contribution < -0.4 is 5.32 Å². The quantitative estimate of drug-likeness (QED) is 0.429. The molecule has 0 bridgehead atoms. The number of hydrogen-bond donors (Lipinski definition) is 1. The maximum absolute atomic E-state index is 10.0. The van der Waals surface area contributed by atoms with Gasteiger partial charge in [-0.25, -0.2) is 0 Å². The first kappa shape index (κ1) is 18.0. The summed E-state index contributed by atoms with van der Waals surface area (Å²) in [7, 11) is 2.01. The van der Waals surface area contributed by atoms with Crippen LogP contribution in [0.3, 0.4) is 0 Å². The molecular weight excluding hydrogens is 198 g/mol. The number of carbonyl (C=O) groups is 1. The Balaban J connectivity index is 0. The summed E-state index contributed by atoms with van der Waals surface area (Å²) in [6.45, 7) is 5.15. The van der Waals surface area contributed by atoms with Gasteiger partial charge in [0.1, 0.15) is 6.29 Å². The molecule has 0 aromatic rings. The van der Waals surface area contributed by atoms with E-state index in [1.54, 1.807) is 0 Å². The number of unbranched alkanes of at least 4 members (excludes halogenated alkanes) is 8. The van der Waals surface area contributed by atoms with Crippen LogP contribution in [0.2, 0.25) is 0 Å². The van der Waals surface area contributed by atoms with Gasteiger partial charge in [0, 0.05) is 6.42 Å². The standard InChI is InChI=1S/C12H25NO.C2H6/c1-13-11-9-7-5-3-2-4-6-8-10-12-14;1-2/h12-13H,2-11H2,1H3;1-2H3. The molecule has 0 aliphatic carbocycles. The number of aldehydes is 1. The zero-order valence-electron chi connectivity index (χ0n) is 11.6. The fraction of sp³-hybridized carbons (Fsp3) is 0.929. The van der Waals surface area contributed by atoms with Crippen LogP contribution in [-0.4, -0.2) is 19.9 Å². The molecule has 0 aromatic carbocycles. The van der Waals surface area contributed by atoms with Crippen molar-refractivity contribution in [2.24, 2.45) is 0 Å². The number of rotatable bonds is 11. The van der Waals surface area contributed by atoms with Crippen LogP contribution in [0.4, 0.5) is 0 Å². The minimum atomic E-state index is 0.752. The van der Waals surface area contributed by atoms with Crippen LogP contribution in [0.5, 0.6) is 0 Å². The van der Waals surface area contributed by atoms with E-state index in [1.165, 1.54) is 44.9 Å². The van der Waals surface area contributed by atoms with Crippen LogP contribution in [0.25, 0.3) is 0 Å². The molecule has 2 nitrogen and oxygen atoms in total. The zero-order chi connectivity index (χ0) is 12.5. The van der Waals surface area contributed by atoms with E-state index >= 15 is 0 Å². The fourth-order valence-electron chi connectivity index (χ4n) is 1.59. The molecule has 0 aromatic heterocycles. The van der Waals surface area contributed by atoms with Crippen LogP contribution >= 0.6 is 0 Å². The first-order chi connectivity index (χ1) is 7.91. The van der Waals surface area contributed by atoms with Gasteiger partial charge >= 0.3 is 0 Å². The number of hydrogen-bond acceptors (Lipinski definition) is 2. The highest BCUT2D eigenvalue weighted by atomic mass is 16.1. The van der Waals surface area contributed by atoms with Gasteiger partial charge in [-0.3, -0.25) is 0 Å². The van der Waals surface area contributed by atoms with Gasteiger partial charge in [0.25, 0.3) is 0 Å². The van der Waals surface area contributed by atoms with Gasteiger partial charge in [0.2, 0.25) is 0 Å². The predicted molar refractivity (Wildman–Crippen MR) is 72.9 cm³/mol. The molecule has 16 heavy (non-hydrogen) atoms. The Bertz CT molecular complexity index is 115. The van der Waals surface area contributed by atoms with Crippen LogP contribution in [0.15, 0.2) is 0 Å². The van der Waals surface area contributed by atoms with Crippen molar-refractivity contribution < 1.29 is 4.79 Å². The normalized spacial score (nSPS) is 9.44.